The summed E-state index contributed by atoms with van der Waals surface area (Å²) in [7, 11) is 0. The lowest BCUT2D eigenvalue weighted by Crippen LogP contribution is -2.39. The third kappa shape index (κ3) is 4.95. The first kappa shape index (κ1) is 19.6. The Hall–Kier alpha value is -3.20. The molecular formula is C19H22N4O5. The summed E-state index contributed by atoms with van der Waals surface area (Å²) in [5, 5.41) is 17.7. The molecule has 0 bridgehead atoms. The van der Waals surface area contributed by atoms with Crippen LogP contribution in [0.4, 0.5) is 5.82 Å². The number of imidazole rings is 1. The van der Waals surface area contributed by atoms with E-state index in [1.165, 1.54) is 0 Å². The van der Waals surface area contributed by atoms with Crippen LogP contribution in [0.25, 0.3) is 11.7 Å². The Morgan fingerprint density at radius 2 is 2.00 bits per heavy atom. The Morgan fingerprint density at radius 1 is 1.25 bits per heavy atom. The van der Waals surface area contributed by atoms with Crippen LogP contribution >= 0.6 is 0 Å². The summed E-state index contributed by atoms with van der Waals surface area (Å²) in [5.74, 6) is -3.50. The smallest absolute Gasteiger partial charge is 0.375 e. The van der Waals surface area contributed by atoms with E-state index in [0.717, 1.165) is 37.1 Å². The highest BCUT2D eigenvalue weighted by Crippen LogP contribution is 2.19. The lowest BCUT2D eigenvalue weighted by molar-refractivity contribution is -0.320. The summed E-state index contributed by atoms with van der Waals surface area (Å²) in [6.45, 7) is 2.29. The van der Waals surface area contributed by atoms with Gasteiger partial charge in [0.2, 0.25) is 0 Å². The van der Waals surface area contributed by atoms with E-state index in [2.05, 4.69) is 28.4 Å². The molecule has 0 fully saturated rings. The van der Waals surface area contributed by atoms with Crippen LogP contribution in [0.15, 0.2) is 36.6 Å². The average molecular weight is 386 g/mol. The van der Waals surface area contributed by atoms with E-state index in [1.54, 1.807) is 16.8 Å². The number of aliphatic hydroxyl groups is 1. The van der Waals surface area contributed by atoms with Gasteiger partial charge in [0.05, 0.1) is 18.3 Å². The number of rotatable bonds is 8. The minimum atomic E-state index is -2.32. The Bertz CT molecular complexity index is 898. The minimum Gasteiger partial charge on any atom is -0.395 e. The maximum Gasteiger partial charge on any atom is 0.375 e. The first-order valence-corrected chi connectivity index (χ1v) is 9.11. The van der Waals surface area contributed by atoms with Crippen LogP contribution < -0.4 is 5.32 Å². The average Bonchev–Trinajstić information content (AvgIpc) is 2.99. The highest BCUT2D eigenvalue weighted by molar-refractivity contribution is 5.93. The molecule has 1 aliphatic heterocycles. The van der Waals surface area contributed by atoms with Crippen LogP contribution in [0.2, 0.25) is 0 Å². The van der Waals surface area contributed by atoms with Crippen molar-refractivity contribution in [2.75, 3.05) is 11.9 Å². The number of ether oxygens (including phenoxy) is 2. The molecule has 9 heteroatoms. The molecule has 0 unspecified atom stereocenters. The molecule has 28 heavy (non-hydrogen) atoms. The highest BCUT2D eigenvalue weighted by Gasteiger charge is 2.37. The molecule has 0 aliphatic carbocycles. The molecule has 1 aliphatic rings. The zero-order valence-corrected chi connectivity index (χ0v) is 15.5. The van der Waals surface area contributed by atoms with Gasteiger partial charge in [-0.15, -0.1) is 5.10 Å². The second-order valence-electron chi connectivity index (χ2n) is 6.28. The van der Waals surface area contributed by atoms with E-state index in [0.29, 0.717) is 11.5 Å². The zero-order valence-electron chi connectivity index (χ0n) is 15.5. The van der Waals surface area contributed by atoms with Gasteiger partial charge in [-0.3, -0.25) is 0 Å². The van der Waals surface area contributed by atoms with Gasteiger partial charge in [-0.1, -0.05) is 25.8 Å². The SMILES string of the molecule is CCCC/C=C/c1cnc2ccc(NCCC3(O)OC(=O)C=CC(=O)O3)nn12. The van der Waals surface area contributed by atoms with Gasteiger partial charge in [-0.2, -0.15) is 0 Å². The van der Waals surface area contributed by atoms with Gasteiger partial charge in [0.25, 0.3) is 0 Å². The summed E-state index contributed by atoms with van der Waals surface area (Å²) in [5.41, 5.74) is 1.56. The number of carbonyl (C=O) groups is 2. The highest BCUT2D eigenvalue weighted by atomic mass is 16.8. The van der Waals surface area contributed by atoms with Crippen LogP contribution in [0.3, 0.4) is 0 Å². The van der Waals surface area contributed by atoms with Gasteiger partial charge in [0, 0.05) is 18.7 Å². The van der Waals surface area contributed by atoms with Gasteiger partial charge in [-0.25, -0.2) is 19.1 Å². The largest absolute Gasteiger partial charge is 0.395 e. The monoisotopic (exact) mass is 386 g/mol. The fourth-order valence-corrected chi connectivity index (χ4v) is 2.61. The summed E-state index contributed by atoms with van der Waals surface area (Å²) in [6, 6.07) is 3.55. The molecule has 0 saturated heterocycles. The van der Waals surface area contributed by atoms with Crippen molar-refractivity contribution in [3.8, 4) is 0 Å². The van der Waals surface area contributed by atoms with Crippen LogP contribution in [0, 0.1) is 0 Å². The number of cyclic esters (lactones) is 2. The van der Waals surface area contributed by atoms with Gasteiger partial charge in [-0.05, 0) is 24.6 Å². The zero-order chi connectivity index (χ0) is 20.0. The number of nitrogens with one attached hydrogen (secondary N) is 1. The third-order valence-corrected chi connectivity index (χ3v) is 4.02. The van der Waals surface area contributed by atoms with Gasteiger partial charge < -0.3 is 19.9 Å². The Labute approximate surface area is 161 Å². The van der Waals surface area contributed by atoms with Crippen molar-refractivity contribution in [3.05, 3.63) is 42.3 Å². The molecule has 3 rings (SSSR count). The predicted octanol–water partition coefficient (Wildman–Crippen LogP) is 2.04. The number of hydrogen-bond acceptors (Lipinski definition) is 8. The van der Waals surface area contributed by atoms with Crippen molar-refractivity contribution in [3.63, 3.8) is 0 Å². The molecule has 0 amide bonds. The number of carbonyl (C=O) groups excluding carboxylic acids is 2. The molecule has 2 aromatic rings. The van der Waals surface area contributed by atoms with Crippen molar-refractivity contribution in [2.45, 2.75) is 38.6 Å². The number of esters is 2. The lowest BCUT2D eigenvalue weighted by Gasteiger charge is -2.24. The number of nitrogens with zero attached hydrogens (tertiary/aromatic N) is 3. The van der Waals surface area contributed by atoms with E-state index in [1.807, 2.05) is 12.1 Å². The quantitative estimate of drug-likeness (QED) is 0.523. The fourth-order valence-electron chi connectivity index (χ4n) is 2.61. The topological polar surface area (TPSA) is 115 Å². The van der Waals surface area contributed by atoms with Crippen LogP contribution in [-0.4, -0.2) is 44.2 Å². The van der Waals surface area contributed by atoms with E-state index < -0.39 is 17.9 Å². The maximum atomic E-state index is 11.4. The summed E-state index contributed by atoms with van der Waals surface area (Å²) >= 11 is 0. The van der Waals surface area contributed by atoms with E-state index >= 15 is 0 Å². The van der Waals surface area contributed by atoms with Crippen molar-refractivity contribution in [1.29, 1.82) is 0 Å². The number of unbranched alkanes of at least 4 members (excludes halogenated alkanes) is 2. The maximum absolute atomic E-state index is 11.4. The van der Waals surface area contributed by atoms with E-state index in [9.17, 15) is 14.7 Å². The lowest BCUT2D eigenvalue weighted by atomic mass is 10.2. The molecule has 2 aromatic heterocycles. The summed E-state index contributed by atoms with van der Waals surface area (Å²) in [4.78, 5) is 27.1. The number of hydrogen-bond donors (Lipinski definition) is 2. The summed E-state index contributed by atoms with van der Waals surface area (Å²) in [6.07, 6.45) is 10.7. The number of aromatic nitrogens is 3. The van der Waals surface area contributed by atoms with Crippen molar-refractivity contribution >= 4 is 29.5 Å². The molecule has 148 valence electrons. The Kier molecular flexibility index (Phi) is 6.05. The van der Waals surface area contributed by atoms with Crippen molar-refractivity contribution < 1.29 is 24.2 Å². The first-order valence-electron chi connectivity index (χ1n) is 9.11. The molecule has 0 aromatic carbocycles. The predicted molar refractivity (Wildman–Crippen MR) is 101 cm³/mol. The Morgan fingerprint density at radius 3 is 2.71 bits per heavy atom. The first-order chi connectivity index (χ1) is 13.5. The summed E-state index contributed by atoms with van der Waals surface area (Å²) < 4.78 is 11.2. The number of fused-ring (bicyclic) bond motifs is 1. The molecule has 0 saturated carbocycles. The standard InChI is InChI=1S/C19H22N4O5/c1-2-3-4-5-6-14-13-21-16-8-7-15(22-23(14)16)20-12-11-19(26)27-17(24)9-10-18(25)28-19/h5-10,13,26H,2-4,11-12H2,1H3,(H,20,22)/b6-5+. The number of anilines is 1. The third-order valence-electron chi connectivity index (χ3n) is 4.02. The normalized spacial score (nSPS) is 16.2. The Balaban J connectivity index is 1.63. The van der Waals surface area contributed by atoms with Gasteiger partial charge in [0.15, 0.2) is 5.65 Å². The molecule has 9 nitrogen and oxygen atoms in total. The van der Waals surface area contributed by atoms with Crippen molar-refractivity contribution in [2.24, 2.45) is 0 Å². The minimum absolute atomic E-state index is 0.145. The number of allylic oxidation sites excluding steroid dienone is 1. The second kappa shape index (κ2) is 8.66. The molecule has 0 spiro atoms. The molecule has 2 N–H and O–H groups in total. The molecule has 0 radical (unpaired) electrons. The van der Waals surface area contributed by atoms with Crippen LogP contribution in [0.1, 0.15) is 38.3 Å². The second-order valence-corrected chi connectivity index (χ2v) is 6.28. The van der Waals surface area contributed by atoms with Gasteiger partial charge >= 0.3 is 17.9 Å². The molecular weight excluding hydrogens is 364 g/mol. The van der Waals surface area contributed by atoms with Gasteiger partial charge in [0.1, 0.15) is 5.82 Å². The van der Waals surface area contributed by atoms with Crippen LogP contribution in [0.5, 0.6) is 0 Å². The molecule has 0 atom stereocenters. The van der Waals surface area contributed by atoms with E-state index in [4.69, 9.17) is 9.47 Å². The molecule has 3 heterocycles. The fraction of sp³-hybridized carbons (Fsp3) is 0.368. The van der Waals surface area contributed by atoms with E-state index in [-0.39, 0.29) is 13.0 Å². The van der Waals surface area contributed by atoms with Crippen LogP contribution in [-0.2, 0) is 19.1 Å². The van der Waals surface area contributed by atoms with Crippen molar-refractivity contribution in [1.82, 2.24) is 14.6 Å².